The number of para-hydroxylation sites is 2. The van der Waals surface area contributed by atoms with Gasteiger partial charge in [0.1, 0.15) is 5.69 Å². The second-order valence-corrected chi connectivity index (χ2v) is 8.74. The fourth-order valence-corrected chi connectivity index (χ4v) is 5.05. The normalized spacial score (nSPS) is 14.7. The molecular formula is C21H19N5OS2. The predicted octanol–water partition coefficient (Wildman–Crippen LogP) is 3.92. The Morgan fingerprint density at radius 3 is 2.59 bits per heavy atom. The number of carbonyl (C=O) groups is 1. The Morgan fingerprint density at radius 1 is 1.00 bits per heavy atom. The van der Waals surface area contributed by atoms with Gasteiger partial charge in [0.05, 0.1) is 27.4 Å². The smallest absolute Gasteiger partial charge is 0.274 e. The molecule has 8 heteroatoms. The number of fused-ring (bicyclic) bond motifs is 2. The summed E-state index contributed by atoms with van der Waals surface area (Å²) in [6.07, 6.45) is 3.66. The molecule has 3 heterocycles. The zero-order valence-electron chi connectivity index (χ0n) is 15.9. The van der Waals surface area contributed by atoms with Gasteiger partial charge in [-0.15, -0.1) is 11.8 Å². The highest BCUT2D eigenvalue weighted by Gasteiger charge is 2.25. The van der Waals surface area contributed by atoms with E-state index in [-0.39, 0.29) is 5.91 Å². The van der Waals surface area contributed by atoms with Crippen molar-refractivity contribution < 1.29 is 4.79 Å². The zero-order chi connectivity index (χ0) is 19.8. The minimum atomic E-state index is -0.0585. The van der Waals surface area contributed by atoms with Gasteiger partial charge in [-0.3, -0.25) is 9.78 Å². The summed E-state index contributed by atoms with van der Waals surface area (Å²) < 4.78 is 1.21. The summed E-state index contributed by atoms with van der Waals surface area (Å²) in [5, 5.41) is 1.02. The van der Waals surface area contributed by atoms with Crippen molar-refractivity contribution in [3.63, 3.8) is 0 Å². The average molecular weight is 422 g/mol. The molecule has 5 rings (SSSR count). The van der Waals surface area contributed by atoms with E-state index in [0.717, 1.165) is 34.8 Å². The minimum absolute atomic E-state index is 0.0585. The van der Waals surface area contributed by atoms with Crippen LogP contribution < -0.4 is 4.90 Å². The fourth-order valence-electron chi connectivity index (χ4n) is 3.48. The molecule has 6 nitrogen and oxygen atoms in total. The van der Waals surface area contributed by atoms with Gasteiger partial charge in [0.15, 0.2) is 5.13 Å². The third-order valence-corrected chi connectivity index (χ3v) is 6.89. The van der Waals surface area contributed by atoms with E-state index in [2.05, 4.69) is 39.3 Å². The maximum absolute atomic E-state index is 12.9. The molecule has 2 aromatic heterocycles. The van der Waals surface area contributed by atoms with E-state index in [4.69, 9.17) is 4.98 Å². The summed E-state index contributed by atoms with van der Waals surface area (Å²) in [7, 11) is 0. The van der Waals surface area contributed by atoms with Gasteiger partial charge in [0.25, 0.3) is 5.91 Å². The number of rotatable bonds is 3. The van der Waals surface area contributed by atoms with Gasteiger partial charge in [-0.2, -0.15) is 0 Å². The topological polar surface area (TPSA) is 62.2 Å². The molecule has 0 radical (unpaired) electrons. The van der Waals surface area contributed by atoms with Gasteiger partial charge in [0, 0.05) is 31.1 Å². The highest BCUT2D eigenvalue weighted by atomic mass is 32.2. The molecule has 0 bridgehead atoms. The molecule has 1 fully saturated rings. The number of nitrogens with zero attached hydrogens (tertiary/aromatic N) is 5. The number of benzene rings is 2. The second-order valence-electron chi connectivity index (χ2n) is 6.85. The third kappa shape index (κ3) is 3.54. The summed E-state index contributed by atoms with van der Waals surface area (Å²) in [5.41, 5.74) is 2.99. The van der Waals surface area contributed by atoms with Crippen LogP contribution >= 0.6 is 23.1 Å². The molecule has 1 saturated heterocycles. The second kappa shape index (κ2) is 7.61. The highest BCUT2D eigenvalue weighted by molar-refractivity contribution is 7.98. The summed E-state index contributed by atoms with van der Waals surface area (Å²) in [6, 6.07) is 14.0. The van der Waals surface area contributed by atoms with E-state index < -0.39 is 0 Å². The number of anilines is 1. The van der Waals surface area contributed by atoms with E-state index in [9.17, 15) is 4.79 Å². The Bertz CT molecular complexity index is 1200. The van der Waals surface area contributed by atoms with Crippen LogP contribution in [0, 0.1) is 0 Å². The van der Waals surface area contributed by atoms with E-state index >= 15 is 0 Å². The molecular weight excluding hydrogens is 402 g/mol. The first kappa shape index (κ1) is 18.3. The van der Waals surface area contributed by atoms with Crippen molar-refractivity contribution in [2.45, 2.75) is 4.90 Å². The van der Waals surface area contributed by atoms with Crippen LogP contribution in [0.25, 0.3) is 21.3 Å². The maximum Gasteiger partial charge on any atom is 0.274 e. The van der Waals surface area contributed by atoms with Gasteiger partial charge in [-0.05, 0) is 36.6 Å². The van der Waals surface area contributed by atoms with Crippen LogP contribution in [0.3, 0.4) is 0 Å². The number of amides is 1. The Labute approximate surface area is 176 Å². The van der Waals surface area contributed by atoms with E-state index in [1.807, 2.05) is 29.2 Å². The van der Waals surface area contributed by atoms with E-state index in [1.54, 1.807) is 29.3 Å². The Morgan fingerprint density at radius 2 is 1.79 bits per heavy atom. The number of thioether (sulfide) groups is 1. The lowest BCUT2D eigenvalue weighted by Crippen LogP contribution is -2.49. The third-order valence-electron chi connectivity index (χ3n) is 5.09. The zero-order valence-corrected chi connectivity index (χ0v) is 17.5. The van der Waals surface area contributed by atoms with Gasteiger partial charge >= 0.3 is 0 Å². The van der Waals surface area contributed by atoms with E-state index in [1.165, 1.54) is 9.60 Å². The van der Waals surface area contributed by atoms with Crippen LogP contribution in [0.4, 0.5) is 5.13 Å². The lowest BCUT2D eigenvalue weighted by Gasteiger charge is -2.34. The Kier molecular flexibility index (Phi) is 4.81. The minimum Gasteiger partial charge on any atom is -0.345 e. The first-order valence-electron chi connectivity index (χ1n) is 9.42. The lowest BCUT2D eigenvalue weighted by molar-refractivity contribution is 0.0741. The monoisotopic (exact) mass is 421 g/mol. The molecule has 29 heavy (non-hydrogen) atoms. The number of hydrogen-bond donors (Lipinski definition) is 0. The quantitative estimate of drug-likeness (QED) is 0.467. The first-order valence-corrected chi connectivity index (χ1v) is 11.5. The molecule has 0 saturated carbocycles. The van der Waals surface area contributed by atoms with Crippen molar-refractivity contribution in [2.24, 2.45) is 0 Å². The summed E-state index contributed by atoms with van der Waals surface area (Å²) in [6.45, 7) is 2.84. The molecule has 1 aliphatic rings. The molecule has 1 aliphatic heterocycles. The molecule has 2 aromatic carbocycles. The van der Waals surface area contributed by atoms with Crippen molar-refractivity contribution in [1.29, 1.82) is 0 Å². The summed E-state index contributed by atoms with van der Waals surface area (Å²) >= 11 is 3.46. The molecule has 4 aromatic rings. The molecule has 0 aliphatic carbocycles. The number of hydrogen-bond acceptors (Lipinski definition) is 7. The standard InChI is InChI=1S/C21H19N5OS2/c1-28-14-6-7-17-19(12-14)29-21(24-17)26-10-8-25(9-11-26)20(27)18-13-22-15-4-2-3-5-16(15)23-18/h2-7,12-13H,8-11H2,1H3. The Balaban J connectivity index is 1.30. The van der Waals surface area contributed by atoms with Crippen LogP contribution in [-0.2, 0) is 0 Å². The number of aromatic nitrogens is 3. The van der Waals surface area contributed by atoms with Crippen molar-refractivity contribution in [3.8, 4) is 0 Å². The number of piperazine rings is 1. The van der Waals surface area contributed by atoms with Crippen LogP contribution in [0.5, 0.6) is 0 Å². The first-order chi connectivity index (χ1) is 14.2. The van der Waals surface area contributed by atoms with Gasteiger partial charge < -0.3 is 9.80 Å². The fraction of sp³-hybridized carbons (Fsp3) is 0.238. The number of carbonyl (C=O) groups excluding carboxylic acids is 1. The highest BCUT2D eigenvalue weighted by Crippen LogP contribution is 2.32. The van der Waals surface area contributed by atoms with E-state index in [0.29, 0.717) is 18.8 Å². The van der Waals surface area contributed by atoms with Gasteiger partial charge in [-0.25, -0.2) is 9.97 Å². The van der Waals surface area contributed by atoms with Crippen molar-refractivity contribution in [3.05, 3.63) is 54.4 Å². The van der Waals surface area contributed by atoms with Gasteiger partial charge in [-0.1, -0.05) is 23.5 Å². The maximum atomic E-state index is 12.9. The van der Waals surface area contributed by atoms with Crippen LogP contribution in [-0.4, -0.2) is 58.2 Å². The Hall–Kier alpha value is -2.71. The lowest BCUT2D eigenvalue weighted by atomic mass is 10.2. The summed E-state index contributed by atoms with van der Waals surface area (Å²) in [4.78, 5) is 31.9. The molecule has 1 amide bonds. The van der Waals surface area contributed by atoms with Crippen LogP contribution in [0.1, 0.15) is 10.5 Å². The summed E-state index contributed by atoms with van der Waals surface area (Å²) in [5.74, 6) is -0.0585. The molecule has 0 N–H and O–H groups in total. The van der Waals surface area contributed by atoms with Crippen LogP contribution in [0.15, 0.2) is 53.6 Å². The van der Waals surface area contributed by atoms with Crippen molar-refractivity contribution >= 4 is 55.4 Å². The van der Waals surface area contributed by atoms with Gasteiger partial charge in [0.2, 0.25) is 0 Å². The molecule has 146 valence electrons. The van der Waals surface area contributed by atoms with Crippen molar-refractivity contribution in [1.82, 2.24) is 19.9 Å². The SMILES string of the molecule is CSc1ccc2nc(N3CCN(C(=O)c4cnc5ccccc5n4)CC3)sc2c1. The number of thiazole rings is 1. The predicted molar refractivity (Wildman–Crippen MR) is 119 cm³/mol. The molecule has 0 spiro atoms. The van der Waals surface area contributed by atoms with Crippen LogP contribution in [0.2, 0.25) is 0 Å². The molecule has 0 atom stereocenters. The molecule has 0 unspecified atom stereocenters. The van der Waals surface area contributed by atoms with Crippen molar-refractivity contribution in [2.75, 3.05) is 37.3 Å². The largest absolute Gasteiger partial charge is 0.345 e. The average Bonchev–Trinajstić information content (AvgIpc) is 3.21.